The summed E-state index contributed by atoms with van der Waals surface area (Å²) in [6.45, 7) is 8.45. The highest BCUT2D eigenvalue weighted by Gasteiger charge is 2.27. The molecule has 3 aromatic carbocycles. The minimum Gasteiger partial charge on any atom is -0.444 e. The predicted molar refractivity (Wildman–Crippen MR) is 174 cm³/mol. The Labute approximate surface area is 267 Å². The quantitative estimate of drug-likeness (QED) is 0.279. The van der Waals surface area contributed by atoms with Crippen molar-refractivity contribution in [2.24, 2.45) is 0 Å². The summed E-state index contributed by atoms with van der Waals surface area (Å²) in [5, 5.41) is 0. The van der Waals surface area contributed by atoms with Crippen LogP contribution < -0.4 is 4.90 Å². The highest BCUT2D eigenvalue weighted by molar-refractivity contribution is 7.91. The number of anilines is 1. The fourth-order valence-electron chi connectivity index (χ4n) is 5.78. The van der Waals surface area contributed by atoms with Crippen LogP contribution in [0, 0.1) is 11.6 Å². The Morgan fingerprint density at radius 2 is 1.57 bits per heavy atom. The summed E-state index contributed by atoms with van der Waals surface area (Å²) < 4.78 is 59.7. The minimum atomic E-state index is -3.10. The zero-order chi connectivity index (χ0) is 32.6. The summed E-state index contributed by atoms with van der Waals surface area (Å²) in [6, 6.07) is 15.9. The number of sulfone groups is 1. The van der Waals surface area contributed by atoms with Crippen LogP contribution in [0.1, 0.15) is 26.3 Å². The number of halogens is 2. The molecule has 0 radical (unpaired) electrons. The highest BCUT2D eigenvalue weighted by atomic mass is 32.2. The lowest BCUT2D eigenvalue weighted by molar-refractivity contribution is 0.0240. The molecular weight excluding hydrogens is 612 g/mol. The topological polar surface area (TPSA) is 95.9 Å². The average molecular weight is 650 g/mol. The number of nitrogens with zero attached hydrogens (tertiary/aromatic N) is 5. The van der Waals surface area contributed by atoms with Gasteiger partial charge in [0, 0.05) is 68.2 Å². The van der Waals surface area contributed by atoms with E-state index in [4.69, 9.17) is 9.72 Å². The van der Waals surface area contributed by atoms with Crippen molar-refractivity contribution in [3.05, 3.63) is 78.0 Å². The van der Waals surface area contributed by atoms with Gasteiger partial charge in [0.05, 0.1) is 34.4 Å². The van der Waals surface area contributed by atoms with E-state index < -0.39 is 27.1 Å². The van der Waals surface area contributed by atoms with Crippen LogP contribution in [0.4, 0.5) is 19.3 Å². The van der Waals surface area contributed by atoms with Gasteiger partial charge in [-0.25, -0.2) is 27.0 Å². The summed E-state index contributed by atoms with van der Waals surface area (Å²) in [5.41, 5.74) is 3.82. The summed E-state index contributed by atoms with van der Waals surface area (Å²) in [5.74, 6) is -1.41. The second-order valence-corrected chi connectivity index (χ2v) is 15.1. The van der Waals surface area contributed by atoms with E-state index in [1.165, 1.54) is 12.1 Å². The molecule has 0 spiro atoms. The maximum Gasteiger partial charge on any atom is 0.410 e. The maximum absolute atomic E-state index is 15.4. The number of rotatable bonds is 5. The van der Waals surface area contributed by atoms with Crippen molar-refractivity contribution in [1.29, 1.82) is 0 Å². The van der Waals surface area contributed by atoms with Crippen molar-refractivity contribution in [3.63, 3.8) is 0 Å². The van der Waals surface area contributed by atoms with Crippen LogP contribution in [0.5, 0.6) is 0 Å². The Morgan fingerprint density at radius 1 is 0.891 bits per heavy atom. The van der Waals surface area contributed by atoms with Crippen molar-refractivity contribution in [3.8, 4) is 22.4 Å². The first-order chi connectivity index (χ1) is 21.8. The van der Waals surface area contributed by atoms with Crippen LogP contribution in [0.25, 0.3) is 33.4 Å². The van der Waals surface area contributed by atoms with Gasteiger partial charge in [-0.2, -0.15) is 0 Å². The van der Waals surface area contributed by atoms with Gasteiger partial charge in [0.2, 0.25) is 0 Å². The summed E-state index contributed by atoms with van der Waals surface area (Å²) >= 11 is 0. The van der Waals surface area contributed by atoms with Gasteiger partial charge in [-0.3, -0.25) is 9.88 Å². The Morgan fingerprint density at radius 3 is 2.24 bits per heavy atom. The number of fused-ring (bicyclic) bond motifs is 1. The monoisotopic (exact) mass is 649 g/mol. The summed E-state index contributed by atoms with van der Waals surface area (Å²) in [7, 11) is -3.10. The Hall–Kier alpha value is -4.16. The Kier molecular flexibility index (Phi) is 8.68. The molecular formula is C34H37F2N5O4S. The first-order valence-electron chi connectivity index (χ1n) is 15.4. The van der Waals surface area contributed by atoms with Crippen molar-refractivity contribution in [1.82, 2.24) is 19.8 Å². The van der Waals surface area contributed by atoms with Gasteiger partial charge in [-0.05, 0) is 56.7 Å². The van der Waals surface area contributed by atoms with Crippen LogP contribution in [-0.4, -0.2) is 90.7 Å². The number of aromatic nitrogens is 2. The molecule has 12 heteroatoms. The molecule has 0 bridgehead atoms. The number of ether oxygens (including phenoxy) is 1. The number of para-hydroxylation sites is 1. The minimum absolute atomic E-state index is 0.000644. The highest BCUT2D eigenvalue weighted by Crippen LogP contribution is 2.32. The maximum atomic E-state index is 15.4. The Balaban J connectivity index is 1.23. The predicted octanol–water partition coefficient (Wildman–Crippen LogP) is 5.53. The molecule has 2 aliphatic rings. The number of hydrogen-bond donors (Lipinski definition) is 0. The molecule has 0 N–H and O–H groups in total. The number of amides is 1. The lowest BCUT2D eigenvalue weighted by atomic mass is 10.0. The molecule has 242 valence electrons. The molecule has 0 saturated carbocycles. The van der Waals surface area contributed by atoms with Gasteiger partial charge in [-0.1, -0.05) is 24.3 Å². The summed E-state index contributed by atoms with van der Waals surface area (Å²) in [4.78, 5) is 27.7. The van der Waals surface area contributed by atoms with Gasteiger partial charge < -0.3 is 14.5 Å². The zero-order valence-corrected chi connectivity index (χ0v) is 27.0. The second kappa shape index (κ2) is 12.6. The van der Waals surface area contributed by atoms with Gasteiger partial charge in [0.25, 0.3) is 0 Å². The Bertz CT molecular complexity index is 1850. The molecule has 0 atom stereocenters. The van der Waals surface area contributed by atoms with Gasteiger partial charge in [0.15, 0.2) is 9.84 Å². The fraction of sp³-hybridized carbons (Fsp3) is 0.382. The van der Waals surface area contributed by atoms with E-state index in [1.54, 1.807) is 28.1 Å². The van der Waals surface area contributed by atoms with Gasteiger partial charge >= 0.3 is 6.09 Å². The standard InChI is InChI=1S/C34H37F2N5O4S/c1-34(2,3)45-33(42)41-12-10-40(11-13-41)25-7-4-6-23(18-25)31-21-37-30-9-5-8-26(32(30)38-31)24-19-28(35)27(29(36)20-24)22-39-14-16-46(43,44)17-15-39/h4-9,18-21H,10-17,22H2,1-3H3. The van der Waals surface area contributed by atoms with Gasteiger partial charge in [0.1, 0.15) is 17.2 Å². The molecule has 2 saturated heterocycles. The molecule has 1 amide bonds. The van der Waals surface area contributed by atoms with Crippen molar-refractivity contribution in [2.45, 2.75) is 32.9 Å². The third kappa shape index (κ3) is 7.13. The van der Waals surface area contributed by atoms with E-state index in [0.29, 0.717) is 54.0 Å². The first kappa shape index (κ1) is 31.8. The lowest BCUT2D eigenvalue weighted by Crippen LogP contribution is -2.50. The fourth-order valence-corrected chi connectivity index (χ4v) is 7.06. The lowest BCUT2D eigenvalue weighted by Gasteiger charge is -2.36. The smallest absolute Gasteiger partial charge is 0.410 e. The zero-order valence-electron chi connectivity index (χ0n) is 26.2. The molecule has 0 unspecified atom stereocenters. The van der Waals surface area contributed by atoms with Crippen molar-refractivity contribution in [2.75, 3.05) is 55.7 Å². The van der Waals surface area contributed by atoms with E-state index in [1.807, 2.05) is 51.1 Å². The van der Waals surface area contributed by atoms with E-state index in [0.717, 1.165) is 11.3 Å². The van der Waals surface area contributed by atoms with Crippen LogP contribution in [0.15, 0.2) is 60.8 Å². The molecule has 2 aliphatic heterocycles. The van der Waals surface area contributed by atoms with Crippen LogP contribution in [0.2, 0.25) is 0 Å². The number of carbonyl (C=O) groups excluding carboxylic acids is 1. The normalized spacial score (nSPS) is 17.3. The van der Waals surface area contributed by atoms with Crippen molar-refractivity contribution < 1.29 is 26.7 Å². The largest absolute Gasteiger partial charge is 0.444 e. The SMILES string of the molecule is CC(C)(C)OC(=O)N1CCN(c2cccc(-c3cnc4cccc(-c5cc(F)c(CN6CCS(=O)(=O)CC6)c(F)c5)c4n3)c2)CC1. The van der Waals surface area contributed by atoms with Crippen LogP contribution in [-0.2, 0) is 21.1 Å². The summed E-state index contributed by atoms with van der Waals surface area (Å²) in [6.07, 6.45) is 1.38. The third-order valence-corrected chi connectivity index (χ3v) is 9.89. The molecule has 3 heterocycles. The van der Waals surface area contributed by atoms with Crippen LogP contribution >= 0.6 is 0 Å². The average Bonchev–Trinajstić information content (AvgIpc) is 3.02. The van der Waals surface area contributed by atoms with Crippen molar-refractivity contribution >= 4 is 32.7 Å². The first-order valence-corrected chi connectivity index (χ1v) is 17.2. The van der Waals surface area contributed by atoms with E-state index in [9.17, 15) is 13.2 Å². The van der Waals surface area contributed by atoms with E-state index in [-0.39, 0.29) is 42.8 Å². The molecule has 9 nitrogen and oxygen atoms in total. The van der Waals surface area contributed by atoms with E-state index in [2.05, 4.69) is 9.88 Å². The third-order valence-electron chi connectivity index (χ3n) is 8.28. The molecule has 2 fully saturated rings. The molecule has 6 rings (SSSR count). The number of piperazine rings is 1. The number of carbonyl (C=O) groups is 1. The molecule has 4 aromatic rings. The second-order valence-electron chi connectivity index (χ2n) is 12.8. The molecule has 46 heavy (non-hydrogen) atoms. The van der Waals surface area contributed by atoms with Crippen LogP contribution in [0.3, 0.4) is 0 Å². The molecule has 0 aliphatic carbocycles. The van der Waals surface area contributed by atoms with E-state index >= 15 is 8.78 Å². The number of hydrogen-bond acceptors (Lipinski definition) is 8. The van der Waals surface area contributed by atoms with Gasteiger partial charge in [-0.15, -0.1) is 0 Å². The number of benzene rings is 3. The molecule has 1 aromatic heterocycles.